The lowest BCUT2D eigenvalue weighted by Crippen LogP contribution is -1.92. The van der Waals surface area contributed by atoms with Crippen LogP contribution < -0.4 is 0 Å². The SMILES string of the molecule is Br[CH]C(Br)CBr. The van der Waals surface area contributed by atoms with E-state index in [4.69, 9.17) is 0 Å². The predicted octanol–water partition coefficient (Wildman–Crippen LogP) is 2.70. The van der Waals surface area contributed by atoms with E-state index in [9.17, 15) is 0 Å². The van der Waals surface area contributed by atoms with Crippen molar-refractivity contribution in [1.82, 2.24) is 0 Å². The smallest absolute Gasteiger partial charge is 0.0415 e. The molecule has 0 bridgehead atoms. The van der Waals surface area contributed by atoms with Crippen molar-refractivity contribution in [3.8, 4) is 0 Å². The number of hydrogen-bond donors (Lipinski definition) is 0. The number of alkyl halides is 2. The van der Waals surface area contributed by atoms with E-state index in [1.165, 1.54) is 0 Å². The molecule has 0 aromatic heterocycles. The minimum absolute atomic E-state index is 0.456. The maximum absolute atomic E-state index is 3.33. The summed E-state index contributed by atoms with van der Waals surface area (Å²) in [4.78, 5) is 0.456. The van der Waals surface area contributed by atoms with Crippen LogP contribution >= 0.6 is 47.8 Å². The lowest BCUT2D eigenvalue weighted by atomic mass is 10.6. The van der Waals surface area contributed by atoms with Crippen LogP contribution in [0.25, 0.3) is 0 Å². The molecule has 0 fully saturated rings. The van der Waals surface area contributed by atoms with Gasteiger partial charge in [0.05, 0.1) is 0 Å². The van der Waals surface area contributed by atoms with Gasteiger partial charge in [-0.3, -0.25) is 0 Å². The minimum atomic E-state index is 0.456. The van der Waals surface area contributed by atoms with E-state index < -0.39 is 0 Å². The highest BCUT2D eigenvalue weighted by atomic mass is 79.9. The summed E-state index contributed by atoms with van der Waals surface area (Å²) in [6.45, 7) is 0. The Hall–Kier alpha value is 1.44. The third-order valence-corrected chi connectivity index (χ3v) is 3.79. The van der Waals surface area contributed by atoms with Crippen LogP contribution in [-0.4, -0.2) is 10.2 Å². The molecule has 0 aliphatic rings. The second-order valence-electron chi connectivity index (χ2n) is 0.796. The molecule has 1 atom stereocenters. The van der Waals surface area contributed by atoms with Gasteiger partial charge in [0.2, 0.25) is 0 Å². The highest BCUT2D eigenvalue weighted by Crippen LogP contribution is 2.10. The maximum Gasteiger partial charge on any atom is 0.0415 e. The quantitative estimate of drug-likeness (QED) is 0.682. The standard InChI is InChI=1S/C3H4Br3/c4-1-3(6)2-5/h1,3H,2H2. The molecule has 0 saturated heterocycles. The van der Waals surface area contributed by atoms with E-state index in [0.29, 0.717) is 4.83 Å². The maximum atomic E-state index is 3.33. The molecule has 0 heterocycles. The van der Waals surface area contributed by atoms with Crippen LogP contribution in [0.1, 0.15) is 0 Å². The molecular weight excluding hydrogens is 276 g/mol. The Labute approximate surface area is 63.1 Å². The molecule has 1 unspecified atom stereocenters. The fourth-order valence-electron chi connectivity index (χ4n) is 0.0337. The van der Waals surface area contributed by atoms with Crippen molar-refractivity contribution < 1.29 is 0 Å². The Morgan fingerprint density at radius 1 is 1.67 bits per heavy atom. The summed E-state index contributed by atoms with van der Waals surface area (Å²) in [5.74, 6) is 0. The van der Waals surface area contributed by atoms with Gasteiger partial charge < -0.3 is 0 Å². The number of rotatable bonds is 2. The fraction of sp³-hybridized carbons (Fsp3) is 0.667. The molecule has 0 saturated carbocycles. The van der Waals surface area contributed by atoms with Gasteiger partial charge in [0, 0.05) is 15.5 Å². The molecule has 6 heavy (non-hydrogen) atoms. The summed E-state index contributed by atoms with van der Waals surface area (Å²) in [6.07, 6.45) is 0. The van der Waals surface area contributed by atoms with E-state index in [1.54, 1.807) is 0 Å². The Bertz CT molecular complexity index is 25.2. The minimum Gasteiger partial charge on any atom is -0.0916 e. The Morgan fingerprint density at radius 3 is 2.17 bits per heavy atom. The topological polar surface area (TPSA) is 0 Å². The summed E-state index contributed by atoms with van der Waals surface area (Å²) in [5.41, 5.74) is 0. The average molecular weight is 280 g/mol. The van der Waals surface area contributed by atoms with Crippen molar-refractivity contribution in [2.24, 2.45) is 0 Å². The molecule has 0 aromatic rings. The zero-order chi connectivity index (χ0) is 4.99. The highest BCUT2D eigenvalue weighted by Gasteiger charge is 1.94. The number of hydrogen-bond acceptors (Lipinski definition) is 0. The van der Waals surface area contributed by atoms with Crippen molar-refractivity contribution in [1.29, 1.82) is 0 Å². The van der Waals surface area contributed by atoms with Crippen molar-refractivity contribution in [2.75, 3.05) is 5.33 Å². The van der Waals surface area contributed by atoms with Crippen LogP contribution in [0.4, 0.5) is 0 Å². The molecular formula is C3H4Br3. The summed E-state index contributed by atoms with van der Waals surface area (Å²) in [7, 11) is 0. The largest absolute Gasteiger partial charge is 0.0916 e. The Morgan fingerprint density at radius 2 is 2.17 bits per heavy atom. The van der Waals surface area contributed by atoms with Gasteiger partial charge in [-0.05, 0) is 0 Å². The predicted molar refractivity (Wildman–Crippen MR) is 39.7 cm³/mol. The normalized spacial score (nSPS) is 10.0. The molecule has 0 aliphatic heterocycles. The highest BCUT2D eigenvalue weighted by molar-refractivity contribution is 9.14. The third kappa shape index (κ3) is 3.62. The second kappa shape index (κ2) is 4.60. The van der Waals surface area contributed by atoms with E-state index in [2.05, 4.69) is 47.8 Å². The first kappa shape index (κ1) is 7.44. The van der Waals surface area contributed by atoms with Gasteiger partial charge >= 0.3 is 0 Å². The zero-order valence-electron chi connectivity index (χ0n) is 3.00. The molecule has 0 spiro atoms. The van der Waals surface area contributed by atoms with Crippen molar-refractivity contribution in [3.05, 3.63) is 5.33 Å². The van der Waals surface area contributed by atoms with Crippen LogP contribution in [0.3, 0.4) is 0 Å². The molecule has 0 amide bonds. The molecule has 0 nitrogen and oxygen atoms in total. The lowest BCUT2D eigenvalue weighted by Gasteiger charge is -1.92. The van der Waals surface area contributed by atoms with Gasteiger partial charge in [-0.25, -0.2) is 0 Å². The van der Waals surface area contributed by atoms with Crippen LogP contribution in [-0.2, 0) is 0 Å². The van der Waals surface area contributed by atoms with E-state index >= 15 is 0 Å². The van der Waals surface area contributed by atoms with Crippen LogP contribution in [0, 0.1) is 5.33 Å². The van der Waals surface area contributed by atoms with Crippen molar-refractivity contribution >= 4 is 47.8 Å². The van der Waals surface area contributed by atoms with Crippen LogP contribution in [0.2, 0.25) is 0 Å². The van der Waals surface area contributed by atoms with Gasteiger partial charge in [-0.1, -0.05) is 47.8 Å². The van der Waals surface area contributed by atoms with E-state index in [-0.39, 0.29) is 0 Å². The fourth-order valence-corrected chi connectivity index (χ4v) is 0.909. The van der Waals surface area contributed by atoms with E-state index in [0.717, 1.165) is 5.33 Å². The first-order valence-corrected chi connectivity index (χ1v) is 4.40. The second-order valence-corrected chi connectivity index (χ2v) is 3.15. The van der Waals surface area contributed by atoms with E-state index in [1.807, 2.05) is 5.33 Å². The van der Waals surface area contributed by atoms with Crippen LogP contribution in [0.15, 0.2) is 0 Å². The van der Waals surface area contributed by atoms with Gasteiger partial charge in [0.15, 0.2) is 0 Å². The molecule has 0 N–H and O–H groups in total. The summed E-state index contributed by atoms with van der Waals surface area (Å²) < 4.78 is 0. The molecule has 0 aromatic carbocycles. The third-order valence-electron chi connectivity index (χ3n) is 0.284. The zero-order valence-corrected chi connectivity index (χ0v) is 7.75. The summed E-state index contributed by atoms with van der Waals surface area (Å²) >= 11 is 9.77. The molecule has 1 radical (unpaired) electrons. The van der Waals surface area contributed by atoms with Gasteiger partial charge in [-0.15, -0.1) is 0 Å². The molecule has 37 valence electrons. The molecule has 0 rings (SSSR count). The first-order valence-electron chi connectivity index (χ1n) is 1.45. The average Bonchev–Trinajstić information content (AvgIpc) is 1.65. The van der Waals surface area contributed by atoms with Crippen molar-refractivity contribution in [3.63, 3.8) is 0 Å². The first-order chi connectivity index (χ1) is 2.81. The van der Waals surface area contributed by atoms with Crippen molar-refractivity contribution in [2.45, 2.75) is 4.83 Å². The summed E-state index contributed by atoms with van der Waals surface area (Å²) in [6, 6.07) is 0. The monoisotopic (exact) mass is 277 g/mol. The van der Waals surface area contributed by atoms with Gasteiger partial charge in [0.1, 0.15) is 0 Å². The van der Waals surface area contributed by atoms with Gasteiger partial charge in [0.25, 0.3) is 0 Å². The molecule has 3 heteroatoms. The lowest BCUT2D eigenvalue weighted by molar-refractivity contribution is 1.30. The Kier molecular flexibility index (Phi) is 5.70. The van der Waals surface area contributed by atoms with Crippen LogP contribution in [0.5, 0.6) is 0 Å². The Balaban J connectivity index is 2.75. The number of halogens is 3. The van der Waals surface area contributed by atoms with Gasteiger partial charge in [-0.2, -0.15) is 0 Å². The summed E-state index contributed by atoms with van der Waals surface area (Å²) in [5, 5.41) is 2.86. The molecule has 0 aliphatic carbocycles.